The molecule has 0 aliphatic carbocycles. The van der Waals surface area contributed by atoms with E-state index in [1.54, 1.807) is 7.05 Å². The van der Waals surface area contributed by atoms with Crippen molar-refractivity contribution in [3.63, 3.8) is 0 Å². The van der Waals surface area contributed by atoms with Gasteiger partial charge in [0.1, 0.15) is 0 Å². The molecule has 0 unspecified atom stereocenters. The molecule has 66 valence electrons. The summed E-state index contributed by atoms with van der Waals surface area (Å²) in [5, 5.41) is 5.81. The fourth-order valence-corrected chi connectivity index (χ4v) is 0.701. The van der Waals surface area contributed by atoms with E-state index >= 15 is 0 Å². The standard InChI is InChI=1S/C8H18N2O/c1-4-7(2)10-6-5-8(11)9-3/h7,10H,4-6H2,1-3H3,(H,9,11)/t7-/m0/s1. The van der Waals surface area contributed by atoms with E-state index < -0.39 is 0 Å². The maximum Gasteiger partial charge on any atom is 0.221 e. The average molecular weight is 158 g/mol. The predicted molar refractivity (Wildman–Crippen MR) is 46.4 cm³/mol. The summed E-state index contributed by atoms with van der Waals surface area (Å²) >= 11 is 0. The summed E-state index contributed by atoms with van der Waals surface area (Å²) in [5.74, 6) is 0.0980. The first-order valence-electron chi connectivity index (χ1n) is 4.14. The van der Waals surface area contributed by atoms with Crippen LogP contribution >= 0.6 is 0 Å². The maximum atomic E-state index is 10.7. The van der Waals surface area contributed by atoms with Crippen LogP contribution in [0.15, 0.2) is 0 Å². The lowest BCUT2D eigenvalue weighted by Gasteiger charge is -2.09. The van der Waals surface area contributed by atoms with Gasteiger partial charge >= 0.3 is 0 Å². The van der Waals surface area contributed by atoms with E-state index in [2.05, 4.69) is 24.5 Å². The molecule has 0 aliphatic rings. The third-order valence-electron chi connectivity index (χ3n) is 1.74. The van der Waals surface area contributed by atoms with Crippen LogP contribution in [0.25, 0.3) is 0 Å². The summed E-state index contributed by atoms with van der Waals surface area (Å²) in [4.78, 5) is 10.7. The predicted octanol–water partition coefficient (Wildman–Crippen LogP) is 0.511. The Balaban J connectivity index is 3.20. The molecular weight excluding hydrogens is 140 g/mol. The summed E-state index contributed by atoms with van der Waals surface area (Å²) in [7, 11) is 1.66. The fraction of sp³-hybridized carbons (Fsp3) is 0.875. The number of nitrogens with one attached hydrogen (secondary N) is 2. The second-order valence-corrected chi connectivity index (χ2v) is 2.69. The Kier molecular flexibility index (Phi) is 5.84. The second-order valence-electron chi connectivity index (χ2n) is 2.69. The number of carbonyl (C=O) groups is 1. The molecule has 1 atom stereocenters. The van der Waals surface area contributed by atoms with Gasteiger partial charge in [0.05, 0.1) is 0 Å². The molecule has 1 amide bonds. The average Bonchev–Trinajstić information content (AvgIpc) is 2.04. The van der Waals surface area contributed by atoms with Gasteiger partial charge in [0.2, 0.25) is 5.91 Å². The first-order valence-corrected chi connectivity index (χ1v) is 4.14. The second kappa shape index (κ2) is 6.16. The topological polar surface area (TPSA) is 41.1 Å². The highest BCUT2D eigenvalue weighted by atomic mass is 16.1. The Morgan fingerprint density at radius 2 is 2.18 bits per heavy atom. The van der Waals surface area contributed by atoms with Crippen LogP contribution in [0.3, 0.4) is 0 Å². The van der Waals surface area contributed by atoms with Crippen molar-refractivity contribution in [2.45, 2.75) is 32.7 Å². The van der Waals surface area contributed by atoms with Gasteiger partial charge in [-0.2, -0.15) is 0 Å². The van der Waals surface area contributed by atoms with Crippen LogP contribution in [0.1, 0.15) is 26.7 Å². The van der Waals surface area contributed by atoms with Crippen molar-refractivity contribution in [2.75, 3.05) is 13.6 Å². The van der Waals surface area contributed by atoms with Crippen molar-refractivity contribution in [3.8, 4) is 0 Å². The minimum Gasteiger partial charge on any atom is -0.359 e. The zero-order valence-corrected chi connectivity index (χ0v) is 7.61. The molecule has 0 aliphatic heterocycles. The molecular formula is C8H18N2O. The molecule has 0 fully saturated rings. The SMILES string of the molecule is CC[C@H](C)NCCC(=O)NC. The molecule has 0 radical (unpaired) electrons. The molecule has 0 rings (SSSR count). The minimum absolute atomic E-state index is 0.0980. The Morgan fingerprint density at radius 3 is 2.64 bits per heavy atom. The molecule has 11 heavy (non-hydrogen) atoms. The fourth-order valence-electron chi connectivity index (χ4n) is 0.701. The van der Waals surface area contributed by atoms with Crippen LogP contribution in [0.2, 0.25) is 0 Å². The van der Waals surface area contributed by atoms with E-state index in [9.17, 15) is 4.79 Å². The number of amides is 1. The highest BCUT2D eigenvalue weighted by molar-refractivity contribution is 5.75. The van der Waals surface area contributed by atoms with Crippen molar-refractivity contribution < 1.29 is 4.79 Å². The monoisotopic (exact) mass is 158 g/mol. The van der Waals surface area contributed by atoms with Crippen molar-refractivity contribution in [1.29, 1.82) is 0 Å². The van der Waals surface area contributed by atoms with Gasteiger partial charge < -0.3 is 10.6 Å². The lowest BCUT2D eigenvalue weighted by Crippen LogP contribution is -2.30. The van der Waals surface area contributed by atoms with Crippen LogP contribution in [0, 0.1) is 0 Å². The van der Waals surface area contributed by atoms with Gasteiger partial charge in [-0.15, -0.1) is 0 Å². The Labute approximate surface area is 68.6 Å². The van der Waals surface area contributed by atoms with E-state index in [0.717, 1.165) is 13.0 Å². The molecule has 0 aromatic carbocycles. The maximum absolute atomic E-state index is 10.7. The van der Waals surface area contributed by atoms with Crippen LogP contribution in [-0.4, -0.2) is 25.5 Å². The molecule has 0 saturated heterocycles. The normalized spacial score (nSPS) is 12.6. The van der Waals surface area contributed by atoms with E-state index in [4.69, 9.17) is 0 Å². The quantitative estimate of drug-likeness (QED) is 0.612. The minimum atomic E-state index is 0.0980. The molecule has 2 N–H and O–H groups in total. The van der Waals surface area contributed by atoms with Gasteiger partial charge in [-0.1, -0.05) is 6.92 Å². The lowest BCUT2D eigenvalue weighted by molar-refractivity contribution is -0.120. The van der Waals surface area contributed by atoms with Crippen molar-refractivity contribution >= 4 is 5.91 Å². The highest BCUT2D eigenvalue weighted by Gasteiger charge is 1.99. The van der Waals surface area contributed by atoms with Gasteiger partial charge in [-0.3, -0.25) is 4.79 Å². The summed E-state index contributed by atoms with van der Waals surface area (Å²) in [5.41, 5.74) is 0. The van der Waals surface area contributed by atoms with E-state index in [1.807, 2.05) is 0 Å². The summed E-state index contributed by atoms with van der Waals surface area (Å²) in [6.07, 6.45) is 1.68. The number of carbonyl (C=O) groups excluding carboxylic acids is 1. The summed E-state index contributed by atoms with van der Waals surface area (Å²) in [6.45, 7) is 5.01. The van der Waals surface area contributed by atoms with E-state index in [-0.39, 0.29) is 5.91 Å². The van der Waals surface area contributed by atoms with Crippen molar-refractivity contribution in [3.05, 3.63) is 0 Å². The number of hydrogen-bond acceptors (Lipinski definition) is 2. The smallest absolute Gasteiger partial charge is 0.221 e. The highest BCUT2D eigenvalue weighted by Crippen LogP contribution is 1.87. The molecule has 0 bridgehead atoms. The number of hydrogen-bond donors (Lipinski definition) is 2. The molecule has 0 heterocycles. The van der Waals surface area contributed by atoms with Crippen molar-refractivity contribution in [1.82, 2.24) is 10.6 Å². The molecule has 3 nitrogen and oxygen atoms in total. The molecule has 0 aromatic rings. The Hall–Kier alpha value is -0.570. The third kappa shape index (κ3) is 5.85. The molecule has 0 aromatic heterocycles. The first-order chi connectivity index (χ1) is 5.20. The number of rotatable bonds is 5. The van der Waals surface area contributed by atoms with Crippen LogP contribution < -0.4 is 10.6 Å². The van der Waals surface area contributed by atoms with Crippen LogP contribution in [0.4, 0.5) is 0 Å². The summed E-state index contributed by atoms with van der Waals surface area (Å²) in [6, 6.07) is 0.514. The first kappa shape index (κ1) is 10.4. The van der Waals surface area contributed by atoms with Gasteiger partial charge in [-0.05, 0) is 13.3 Å². The molecule has 3 heteroatoms. The van der Waals surface area contributed by atoms with Gasteiger partial charge in [0, 0.05) is 26.1 Å². The zero-order valence-electron chi connectivity index (χ0n) is 7.61. The third-order valence-corrected chi connectivity index (χ3v) is 1.74. The zero-order chi connectivity index (χ0) is 8.69. The van der Waals surface area contributed by atoms with Gasteiger partial charge in [-0.25, -0.2) is 0 Å². The Morgan fingerprint density at radius 1 is 1.55 bits per heavy atom. The van der Waals surface area contributed by atoms with Crippen molar-refractivity contribution in [2.24, 2.45) is 0 Å². The van der Waals surface area contributed by atoms with E-state index in [1.165, 1.54) is 0 Å². The van der Waals surface area contributed by atoms with Gasteiger partial charge in [0.25, 0.3) is 0 Å². The van der Waals surface area contributed by atoms with Crippen LogP contribution in [-0.2, 0) is 4.79 Å². The largest absolute Gasteiger partial charge is 0.359 e. The van der Waals surface area contributed by atoms with Gasteiger partial charge in [0.15, 0.2) is 0 Å². The lowest BCUT2D eigenvalue weighted by atomic mass is 10.2. The van der Waals surface area contributed by atoms with E-state index in [0.29, 0.717) is 12.5 Å². The van der Waals surface area contributed by atoms with Crippen LogP contribution in [0.5, 0.6) is 0 Å². The summed E-state index contributed by atoms with van der Waals surface area (Å²) < 4.78 is 0. The Bertz CT molecular complexity index is 115. The molecule has 0 spiro atoms. The molecule has 0 saturated carbocycles.